The number of fused-ring (bicyclic) bond motifs is 1. The summed E-state index contributed by atoms with van der Waals surface area (Å²) in [6.45, 7) is 7.32. The zero-order chi connectivity index (χ0) is 14.7. The van der Waals surface area contributed by atoms with Gasteiger partial charge in [-0.3, -0.25) is 9.69 Å². The molecule has 1 aliphatic heterocycles. The number of nitrogens with zero attached hydrogens (tertiary/aromatic N) is 3. The largest absolute Gasteiger partial charge is 0.353 e. The topological polar surface area (TPSA) is 36.4 Å². The van der Waals surface area contributed by atoms with Crippen molar-refractivity contribution in [1.29, 1.82) is 0 Å². The van der Waals surface area contributed by atoms with Crippen LogP contribution in [-0.4, -0.2) is 48.9 Å². The minimum absolute atomic E-state index is 0.692. The zero-order valence-corrected chi connectivity index (χ0v) is 12.5. The summed E-state index contributed by atoms with van der Waals surface area (Å²) in [6.07, 6.45) is 2.11. The lowest BCUT2D eigenvalue weighted by atomic mass is 10.1. The molecule has 0 radical (unpaired) electrons. The van der Waals surface area contributed by atoms with Gasteiger partial charge in [0.15, 0.2) is 6.29 Å². The van der Waals surface area contributed by atoms with Crippen LogP contribution in [0.25, 0.3) is 10.9 Å². The lowest BCUT2D eigenvalue weighted by molar-refractivity contribution is 0.112. The monoisotopic (exact) mass is 283 g/mol. The average molecular weight is 283 g/mol. The molecule has 4 nitrogen and oxygen atoms in total. The fraction of sp³-hybridized carbons (Fsp3) is 0.412. The van der Waals surface area contributed by atoms with Gasteiger partial charge in [-0.1, -0.05) is 25.1 Å². The number of aromatic nitrogens is 1. The Kier molecular flexibility index (Phi) is 4.15. The van der Waals surface area contributed by atoms with E-state index in [1.165, 1.54) is 6.42 Å². The first-order valence-corrected chi connectivity index (χ1v) is 7.64. The summed E-state index contributed by atoms with van der Waals surface area (Å²) in [5, 5.41) is 1.02. The molecule has 21 heavy (non-hydrogen) atoms. The van der Waals surface area contributed by atoms with Crippen LogP contribution in [0.3, 0.4) is 0 Å². The number of rotatable bonds is 4. The Hall–Kier alpha value is -1.94. The third kappa shape index (κ3) is 2.90. The van der Waals surface area contributed by atoms with Gasteiger partial charge in [0, 0.05) is 31.6 Å². The minimum Gasteiger partial charge on any atom is -0.353 e. The Balaban J connectivity index is 1.88. The highest BCUT2D eigenvalue weighted by atomic mass is 16.1. The summed E-state index contributed by atoms with van der Waals surface area (Å²) in [5.41, 5.74) is 1.65. The molecule has 0 unspecified atom stereocenters. The van der Waals surface area contributed by atoms with Gasteiger partial charge >= 0.3 is 0 Å². The van der Waals surface area contributed by atoms with Crippen LogP contribution in [-0.2, 0) is 0 Å². The summed E-state index contributed by atoms with van der Waals surface area (Å²) < 4.78 is 0. The van der Waals surface area contributed by atoms with Gasteiger partial charge in [0.1, 0.15) is 5.82 Å². The summed E-state index contributed by atoms with van der Waals surface area (Å²) in [4.78, 5) is 20.8. The molecule has 0 spiro atoms. The molecular formula is C17H21N3O. The molecule has 4 heteroatoms. The van der Waals surface area contributed by atoms with Crippen LogP contribution in [0.15, 0.2) is 30.3 Å². The van der Waals surface area contributed by atoms with Gasteiger partial charge in [-0.25, -0.2) is 4.98 Å². The molecule has 0 atom stereocenters. The van der Waals surface area contributed by atoms with Crippen molar-refractivity contribution in [2.24, 2.45) is 0 Å². The number of aldehydes is 1. The Labute approximate surface area is 125 Å². The van der Waals surface area contributed by atoms with Crippen molar-refractivity contribution < 1.29 is 4.79 Å². The average Bonchev–Trinajstić information content (AvgIpc) is 2.54. The predicted molar refractivity (Wildman–Crippen MR) is 86.1 cm³/mol. The Morgan fingerprint density at radius 1 is 1.19 bits per heavy atom. The molecule has 1 aromatic carbocycles. The summed E-state index contributed by atoms with van der Waals surface area (Å²) >= 11 is 0. The van der Waals surface area contributed by atoms with Gasteiger partial charge in [0.2, 0.25) is 0 Å². The highest BCUT2D eigenvalue weighted by Gasteiger charge is 2.20. The molecule has 3 rings (SSSR count). The third-order valence-electron chi connectivity index (χ3n) is 4.07. The van der Waals surface area contributed by atoms with Gasteiger partial charge in [0.05, 0.1) is 11.1 Å². The number of pyridine rings is 1. The molecular weight excluding hydrogens is 262 g/mol. The number of carbonyl (C=O) groups excluding carboxylic acids is 1. The van der Waals surface area contributed by atoms with Gasteiger partial charge in [0.25, 0.3) is 0 Å². The minimum atomic E-state index is 0.692. The van der Waals surface area contributed by atoms with Crippen molar-refractivity contribution in [3.63, 3.8) is 0 Å². The van der Waals surface area contributed by atoms with E-state index in [1.54, 1.807) is 0 Å². The molecule has 1 aromatic heterocycles. The first-order valence-electron chi connectivity index (χ1n) is 7.64. The van der Waals surface area contributed by atoms with E-state index in [0.29, 0.717) is 5.56 Å². The second-order valence-electron chi connectivity index (χ2n) is 5.54. The Morgan fingerprint density at radius 3 is 2.67 bits per heavy atom. The molecule has 1 aliphatic rings. The summed E-state index contributed by atoms with van der Waals surface area (Å²) in [5.74, 6) is 0.833. The van der Waals surface area contributed by atoms with Gasteiger partial charge in [-0.2, -0.15) is 0 Å². The number of hydrogen-bond acceptors (Lipinski definition) is 4. The number of para-hydroxylation sites is 1. The first kappa shape index (κ1) is 14.0. The molecule has 1 fully saturated rings. The molecule has 0 N–H and O–H groups in total. The van der Waals surface area contributed by atoms with Crippen LogP contribution in [0.1, 0.15) is 23.7 Å². The van der Waals surface area contributed by atoms with E-state index in [0.717, 1.165) is 55.7 Å². The van der Waals surface area contributed by atoms with Crippen molar-refractivity contribution in [3.8, 4) is 0 Å². The number of benzene rings is 1. The first-order chi connectivity index (χ1) is 10.3. The molecule has 0 bridgehead atoms. The van der Waals surface area contributed by atoms with Gasteiger partial charge in [-0.15, -0.1) is 0 Å². The van der Waals surface area contributed by atoms with Crippen LogP contribution < -0.4 is 4.90 Å². The van der Waals surface area contributed by atoms with Crippen LogP contribution in [0.2, 0.25) is 0 Å². The Morgan fingerprint density at radius 2 is 1.95 bits per heavy atom. The second-order valence-corrected chi connectivity index (χ2v) is 5.54. The molecule has 0 amide bonds. The van der Waals surface area contributed by atoms with Gasteiger partial charge < -0.3 is 4.90 Å². The standard InChI is InChI=1S/C17H21N3O/c1-2-7-19-8-10-20(11-9-19)17-15(13-21)12-14-5-3-4-6-16(14)18-17/h3-6,12-13H,2,7-11H2,1H3. The molecule has 0 saturated carbocycles. The lowest BCUT2D eigenvalue weighted by Gasteiger charge is -2.35. The van der Waals surface area contributed by atoms with E-state index in [-0.39, 0.29) is 0 Å². The number of anilines is 1. The number of carbonyl (C=O) groups is 1. The smallest absolute Gasteiger partial charge is 0.153 e. The SMILES string of the molecule is CCCN1CCN(c2nc3ccccc3cc2C=O)CC1. The predicted octanol–water partition coefficient (Wildman–Crippen LogP) is 2.58. The quantitative estimate of drug-likeness (QED) is 0.808. The van der Waals surface area contributed by atoms with E-state index < -0.39 is 0 Å². The zero-order valence-electron chi connectivity index (χ0n) is 12.5. The van der Waals surface area contributed by atoms with E-state index in [1.807, 2.05) is 30.3 Å². The maximum absolute atomic E-state index is 11.4. The highest BCUT2D eigenvalue weighted by molar-refractivity contribution is 5.91. The van der Waals surface area contributed by atoms with Gasteiger partial charge in [-0.05, 0) is 25.1 Å². The third-order valence-corrected chi connectivity index (χ3v) is 4.07. The molecule has 2 heterocycles. The van der Waals surface area contributed by atoms with Crippen molar-refractivity contribution in [3.05, 3.63) is 35.9 Å². The fourth-order valence-electron chi connectivity index (χ4n) is 2.96. The van der Waals surface area contributed by atoms with E-state index in [9.17, 15) is 4.79 Å². The van der Waals surface area contributed by atoms with Crippen LogP contribution in [0, 0.1) is 0 Å². The lowest BCUT2D eigenvalue weighted by Crippen LogP contribution is -2.47. The fourth-order valence-corrected chi connectivity index (χ4v) is 2.96. The van der Waals surface area contributed by atoms with Crippen LogP contribution >= 0.6 is 0 Å². The van der Waals surface area contributed by atoms with E-state index in [4.69, 9.17) is 4.98 Å². The van der Waals surface area contributed by atoms with E-state index >= 15 is 0 Å². The summed E-state index contributed by atoms with van der Waals surface area (Å²) in [7, 11) is 0. The highest BCUT2D eigenvalue weighted by Crippen LogP contribution is 2.23. The number of piperazine rings is 1. The molecule has 1 saturated heterocycles. The molecule has 0 aliphatic carbocycles. The second kappa shape index (κ2) is 6.22. The van der Waals surface area contributed by atoms with Crippen molar-refractivity contribution in [2.45, 2.75) is 13.3 Å². The molecule has 2 aromatic rings. The van der Waals surface area contributed by atoms with Crippen molar-refractivity contribution >= 4 is 23.0 Å². The summed E-state index contributed by atoms with van der Waals surface area (Å²) in [6, 6.07) is 9.91. The van der Waals surface area contributed by atoms with Crippen LogP contribution in [0.5, 0.6) is 0 Å². The van der Waals surface area contributed by atoms with Crippen LogP contribution in [0.4, 0.5) is 5.82 Å². The van der Waals surface area contributed by atoms with Crippen molar-refractivity contribution in [1.82, 2.24) is 9.88 Å². The maximum atomic E-state index is 11.4. The molecule has 110 valence electrons. The Bertz CT molecular complexity index is 633. The maximum Gasteiger partial charge on any atom is 0.153 e. The number of hydrogen-bond donors (Lipinski definition) is 0. The van der Waals surface area contributed by atoms with E-state index in [2.05, 4.69) is 16.7 Å². The normalized spacial score (nSPS) is 16.3. The van der Waals surface area contributed by atoms with Crippen molar-refractivity contribution in [2.75, 3.05) is 37.6 Å².